The molecular weight excluding hydrogens is 122 g/mol. The summed E-state index contributed by atoms with van der Waals surface area (Å²) in [6.07, 6.45) is 7.80. The quantitative estimate of drug-likeness (QED) is 0.639. The van der Waals surface area contributed by atoms with Gasteiger partial charge in [-0.1, -0.05) is 26.2 Å². The Labute approximate surface area is 64.0 Å². The minimum Gasteiger partial charge on any atom is -0.327 e. The van der Waals surface area contributed by atoms with E-state index in [-0.39, 0.29) is 0 Å². The molecule has 1 aliphatic rings. The van der Waals surface area contributed by atoms with Crippen LogP contribution in [-0.2, 0) is 0 Å². The van der Waals surface area contributed by atoms with Crippen molar-refractivity contribution in [3.8, 4) is 0 Å². The van der Waals surface area contributed by atoms with Crippen LogP contribution >= 0.6 is 0 Å². The molecule has 1 aliphatic carbocycles. The van der Waals surface area contributed by atoms with Crippen LogP contribution in [0.4, 0.5) is 0 Å². The molecule has 1 fully saturated rings. The zero-order chi connectivity index (χ0) is 7.40. The van der Waals surface area contributed by atoms with Crippen molar-refractivity contribution in [2.24, 2.45) is 5.73 Å². The molecule has 1 atom stereocenters. The van der Waals surface area contributed by atoms with E-state index in [0.29, 0.717) is 6.04 Å². The van der Waals surface area contributed by atoms with Gasteiger partial charge in [0, 0.05) is 6.04 Å². The molecule has 1 saturated carbocycles. The summed E-state index contributed by atoms with van der Waals surface area (Å²) in [6, 6.07) is 0.451. The molecule has 1 rings (SSSR count). The fraction of sp³-hybridized carbons (Fsp3) is 0.889. The van der Waals surface area contributed by atoms with Crippen molar-refractivity contribution in [2.75, 3.05) is 0 Å². The van der Waals surface area contributed by atoms with E-state index in [2.05, 4.69) is 6.92 Å². The van der Waals surface area contributed by atoms with Gasteiger partial charge in [0.05, 0.1) is 0 Å². The maximum absolute atomic E-state index is 5.88. The third-order valence-corrected chi connectivity index (χ3v) is 2.39. The Hall–Kier alpha value is -0.0400. The van der Waals surface area contributed by atoms with Crippen molar-refractivity contribution in [2.45, 2.75) is 51.5 Å². The Kier molecular flexibility index (Phi) is 3.20. The van der Waals surface area contributed by atoms with E-state index in [1.54, 1.807) is 5.92 Å². The SMILES string of the molecule is CCCC[C]1CCCC1N. The summed E-state index contributed by atoms with van der Waals surface area (Å²) in [5.74, 6) is 1.63. The van der Waals surface area contributed by atoms with E-state index in [9.17, 15) is 0 Å². The van der Waals surface area contributed by atoms with E-state index >= 15 is 0 Å². The summed E-state index contributed by atoms with van der Waals surface area (Å²) >= 11 is 0. The second kappa shape index (κ2) is 3.97. The lowest BCUT2D eigenvalue weighted by Gasteiger charge is -2.12. The molecule has 0 heterocycles. The number of hydrogen-bond acceptors (Lipinski definition) is 1. The predicted octanol–water partition coefficient (Wildman–Crippen LogP) is 2.26. The molecule has 1 nitrogen and oxygen atoms in total. The third kappa shape index (κ3) is 1.98. The largest absolute Gasteiger partial charge is 0.327 e. The maximum Gasteiger partial charge on any atom is 0.0101 e. The zero-order valence-electron chi connectivity index (χ0n) is 6.90. The zero-order valence-corrected chi connectivity index (χ0v) is 6.90. The predicted molar refractivity (Wildman–Crippen MR) is 44.6 cm³/mol. The molecule has 0 aromatic heterocycles. The lowest BCUT2D eigenvalue weighted by molar-refractivity contribution is 0.634. The van der Waals surface area contributed by atoms with Crippen LogP contribution in [0.1, 0.15) is 45.4 Å². The lowest BCUT2D eigenvalue weighted by Crippen LogP contribution is -2.22. The monoisotopic (exact) mass is 140 g/mol. The highest BCUT2D eigenvalue weighted by Crippen LogP contribution is 2.29. The Balaban J connectivity index is 2.14. The molecule has 0 aromatic rings. The van der Waals surface area contributed by atoms with Gasteiger partial charge in [-0.15, -0.1) is 0 Å². The number of rotatable bonds is 3. The molecular formula is C9H18N. The van der Waals surface area contributed by atoms with Crippen LogP contribution in [0.5, 0.6) is 0 Å². The van der Waals surface area contributed by atoms with Crippen molar-refractivity contribution in [1.29, 1.82) is 0 Å². The van der Waals surface area contributed by atoms with E-state index in [4.69, 9.17) is 5.73 Å². The fourth-order valence-corrected chi connectivity index (χ4v) is 1.65. The highest BCUT2D eigenvalue weighted by atomic mass is 14.7. The van der Waals surface area contributed by atoms with Gasteiger partial charge in [0.15, 0.2) is 0 Å². The molecule has 10 heavy (non-hydrogen) atoms. The average molecular weight is 140 g/mol. The second-order valence-corrected chi connectivity index (χ2v) is 3.26. The molecule has 1 unspecified atom stereocenters. The molecule has 2 N–H and O–H groups in total. The van der Waals surface area contributed by atoms with Gasteiger partial charge in [0.2, 0.25) is 0 Å². The first-order valence-corrected chi connectivity index (χ1v) is 4.44. The topological polar surface area (TPSA) is 26.0 Å². The summed E-state index contributed by atoms with van der Waals surface area (Å²) in [5, 5.41) is 0. The summed E-state index contributed by atoms with van der Waals surface area (Å²) in [4.78, 5) is 0. The van der Waals surface area contributed by atoms with Crippen molar-refractivity contribution < 1.29 is 0 Å². The normalized spacial score (nSPS) is 27.6. The van der Waals surface area contributed by atoms with Gasteiger partial charge in [-0.05, 0) is 25.2 Å². The van der Waals surface area contributed by atoms with Gasteiger partial charge in [-0.25, -0.2) is 0 Å². The van der Waals surface area contributed by atoms with Gasteiger partial charge >= 0.3 is 0 Å². The first kappa shape index (κ1) is 8.06. The maximum atomic E-state index is 5.88. The van der Waals surface area contributed by atoms with Crippen LogP contribution in [0.15, 0.2) is 0 Å². The minimum absolute atomic E-state index is 0.451. The van der Waals surface area contributed by atoms with E-state index < -0.39 is 0 Å². The lowest BCUT2D eigenvalue weighted by atomic mass is 9.98. The van der Waals surface area contributed by atoms with E-state index in [1.165, 1.54) is 38.5 Å². The second-order valence-electron chi connectivity index (χ2n) is 3.26. The number of unbranched alkanes of at least 4 members (excludes halogenated alkanes) is 1. The van der Waals surface area contributed by atoms with Crippen LogP contribution in [0.25, 0.3) is 0 Å². The minimum atomic E-state index is 0.451. The smallest absolute Gasteiger partial charge is 0.0101 e. The third-order valence-electron chi connectivity index (χ3n) is 2.39. The highest BCUT2D eigenvalue weighted by Gasteiger charge is 2.23. The standard InChI is InChI=1S/C9H18N/c1-2-3-5-8-6-4-7-9(8)10/h9H,2-7,10H2,1H3. The molecule has 0 saturated heterocycles. The van der Waals surface area contributed by atoms with E-state index in [0.717, 1.165) is 0 Å². The Morgan fingerprint density at radius 1 is 1.60 bits per heavy atom. The van der Waals surface area contributed by atoms with Crippen molar-refractivity contribution >= 4 is 0 Å². The summed E-state index contributed by atoms with van der Waals surface area (Å²) in [5.41, 5.74) is 5.88. The van der Waals surface area contributed by atoms with Crippen molar-refractivity contribution in [1.82, 2.24) is 0 Å². The van der Waals surface area contributed by atoms with Gasteiger partial charge in [0.25, 0.3) is 0 Å². The molecule has 0 bridgehead atoms. The fourth-order valence-electron chi connectivity index (χ4n) is 1.65. The molecule has 0 amide bonds. The van der Waals surface area contributed by atoms with Crippen molar-refractivity contribution in [3.05, 3.63) is 5.92 Å². The first-order valence-electron chi connectivity index (χ1n) is 4.44. The summed E-state index contributed by atoms with van der Waals surface area (Å²) in [6.45, 7) is 2.24. The van der Waals surface area contributed by atoms with E-state index in [1.807, 2.05) is 0 Å². The van der Waals surface area contributed by atoms with Crippen molar-refractivity contribution in [3.63, 3.8) is 0 Å². The van der Waals surface area contributed by atoms with Crippen LogP contribution in [0.2, 0.25) is 0 Å². The van der Waals surface area contributed by atoms with Gasteiger partial charge in [-0.2, -0.15) is 0 Å². The van der Waals surface area contributed by atoms with Crippen LogP contribution in [0.3, 0.4) is 0 Å². The Morgan fingerprint density at radius 2 is 2.40 bits per heavy atom. The Morgan fingerprint density at radius 3 is 2.90 bits per heavy atom. The molecule has 59 valence electrons. The Bertz CT molecular complexity index is 90.7. The van der Waals surface area contributed by atoms with Crippen LogP contribution < -0.4 is 5.73 Å². The van der Waals surface area contributed by atoms with Gasteiger partial charge < -0.3 is 5.73 Å². The molecule has 0 aliphatic heterocycles. The molecule has 1 heteroatoms. The van der Waals surface area contributed by atoms with Crippen LogP contribution in [0, 0.1) is 5.92 Å². The average Bonchev–Trinajstić information content (AvgIpc) is 2.31. The van der Waals surface area contributed by atoms with Gasteiger partial charge in [-0.3, -0.25) is 0 Å². The first-order chi connectivity index (χ1) is 4.84. The summed E-state index contributed by atoms with van der Waals surface area (Å²) in [7, 11) is 0. The molecule has 1 radical (unpaired) electrons. The van der Waals surface area contributed by atoms with Crippen LogP contribution in [-0.4, -0.2) is 6.04 Å². The molecule has 0 aromatic carbocycles. The highest BCUT2D eigenvalue weighted by molar-refractivity contribution is 5.04. The number of nitrogens with two attached hydrogens (primary N) is 1. The summed E-state index contributed by atoms with van der Waals surface area (Å²) < 4.78 is 0. The van der Waals surface area contributed by atoms with Gasteiger partial charge in [0.1, 0.15) is 0 Å². The molecule has 0 spiro atoms. The number of hydrogen-bond donors (Lipinski definition) is 1.